The van der Waals surface area contributed by atoms with E-state index in [1.807, 2.05) is 13.0 Å². The minimum absolute atomic E-state index is 0.0586. The van der Waals surface area contributed by atoms with Crippen molar-refractivity contribution < 1.29 is 8.42 Å². The first-order valence-corrected chi connectivity index (χ1v) is 7.77. The van der Waals surface area contributed by atoms with Gasteiger partial charge >= 0.3 is 0 Å². The fraction of sp³-hybridized carbons (Fsp3) is 0.417. The second kappa shape index (κ2) is 7.46. The van der Waals surface area contributed by atoms with E-state index in [2.05, 4.69) is 10.0 Å². The highest BCUT2D eigenvalue weighted by Gasteiger charge is 2.17. The molecule has 104 valence electrons. The van der Waals surface area contributed by atoms with Crippen molar-refractivity contribution in [2.24, 2.45) is 0 Å². The molecule has 0 saturated heterocycles. The predicted octanol–water partition coefficient (Wildman–Crippen LogP) is 1.49. The molecule has 0 aliphatic rings. The zero-order valence-corrected chi connectivity index (χ0v) is 12.2. The summed E-state index contributed by atoms with van der Waals surface area (Å²) in [6.45, 7) is 3.90. The molecule has 0 spiro atoms. The van der Waals surface area contributed by atoms with E-state index in [9.17, 15) is 8.42 Å². The Morgan fingerprint density at radius 2 is 2.11 bits per heavy atom. The summed E-state index contributed by atoms with van der Waals surface area (Å²) in [5, 5.41) is 12.0. The van der Waals surface area contributed by atoms with E-state index in [1.54, 1.807) is 0 Å². The molecule has 0 aromatic heterocycles. The summed E-state index contributed by atoms with van der Waals surface area (Å²) in [5.41, 5.74) is 0.262. The van der Waals surface area contributed by atoms with Gasteiger partial charge in [0.15, 0.2) is 0 Å². The Bertz CT molecular complexity index is 567. The molecular formula is C12H16ClN3O2S. The Kier molecular flexibility index (Phi) is 6.25. The Balaban J connectivity index is 2.75. The number of rotatable bonds is 7. The predicted molar refractivity (Wildman–Crippen MR) is 74.5 cm³/mol. The van der Waals surface area contributed by atoms with Crippen molar-refractivity contribution in [2.75, 3.05) is 19.6 Å². The summed E-state index contributed by atoms with van der Waals surface area (Å²) in [4.78, 5) is -0.0586. The molecule has 0 amide bonds. The quantitative estimate of drug-likeness (QED) is 0.748. The van der Waals surface area contributed by atoms with Crippen LogP contribution < -0.4 is 10.0 Å². The molecule has 0 fully saturated rings. The first-order valence-electron chi connectivity index (χ1n) is 5.91. The summed E-state index contributed by atoms with van der Waals surface area (Å²) in [7, 11) is -3.67. The molecule has 0 saturated carbocycles. The minimum atomic E-state index is -3.67. The molecule has 1 aromatic rings. The topological polar surface area (TPSA) is 82.0 Å². The van der Waals surface area contributed by atoms with Crippen LogP contribution >= 0.6 is 11.6 Å². The minimum Gasteiger partial charge on any atom is -0.317 e. The van der Waals surface area contributed by atoms with Crippen LogP contribution in [0.25, 0.3) is 0 Å². The molecule has 0 atom stereocenters. The van der Waals surface area contributed by atoms with Gasteiger partial charge in [-0.25, -0.2) is 13.1 Å². The van der Waals surface area contributed by atoms with Crippen LogP contribution in [0.4, 0.5) is 0 Å². The highest BCUT2D eigenvalue weighted by atomic mass is 35.5. The number of hydrogen-bond donors (Lipinski definition) is 2. The summed E-state index contributed by atoms with van der Waals surface area (Å²) in [5.74, 6) is 0. The number of nitrogens with zero attached hydrogens (tertiary/aromatic N) is 1. The van der Waals surface area contributed by atoms with Gasteiger partial charge < -0.3 is 5.32 Å². The van der Waals surface area contributed by atoms with E-state index in [1.165, 1.54) is 18.2 Å². The molecule has 2 N–H and O–H groups in total. The molecule has 5 nitrogen and oxygen atoms in total. The lowest BCUT2D eigenvalue weighted by molar-refractivity contribution is 0.575. The van der Waals surface area contributed by atoms with Crippen molar-refractivity contribution in [3.05, 3.63) is 28.8 Å². The van der Waals surface area contributed by atoms with Crippen LogP contribution in [-0.4, -0.2) is 28.1 Å². The van der Waals surface area contributed by atoms with Gasteiger partial charge in [-0.1, -0.05) is 18.5 Å². The van der Waals surface area contributed by atoms with Crippen molar-refractivity contribution in [1.82, 2.24) is 10.0 Å². The monoisotopic (exact) mass is 301 g/mol. The van der Waals surface area contributed by atoms with Crippen molar-refractivity contribution >= 4 is 21.6 Å². The van der Waals surface area contributed by atoms with Crippen LogP contribution in [-0.2, 0) is 10.0 Å². The van der Waals surface area contributed by atoms with E-state index in [0.717, 1.165) is 13.1 Å². The van der Waals surface area contributed by atoms with Gasteiger partial charge in [-0.3, -0.25) is 0 Å². The van der Waals surface area contributed by atoms with E-state index in [-0.39, 0.29) is 15.5 Å². The molecule has 0 heterocycles. The van der Waals surface area contributed by atoms with Gasteiger partial charge in [-0.2, -0.15) is 5.26 Å². The highest BCUT2D eigenvalue weighted by Crippen LogP contribution is 2.22. The molecule has 7 heteroatoms. The maximum atomic E-state index is 12.0. The Labute approximate surface area is 118 Å². The van der Waals surface area contributed by atoms with Crippen molar-refractivity contribution in [1.29, 1.82) is 5.26 Å². The molecule has 1 rings (SSSR count). The van der Waals surface area contributed by atoms with Crippen molar-refractivity contribution in [3.8, 4) is 6.07 Å². The van der Waals surface area contributed by atoms with Gasteiger partial charge in [0.1, 0.15) is 4.90 Å². The fourth-order valence-corrected chi connectivity index (χ4v) is 3.05. The lowest BCUT2D eigenvalue weighted by Gasteiger charge is -2.08. The number of nitriles is 1. The lowest BCUT2D eigenvalue weighted by atomic mass is 10.2. The molecule has 0 bridgehead atoms. The molecule has 1 aromatic carbocycles. The average molecular weight is 302 g/mol. The lowest BCUT2D eigenvalue weighted by Crippen LogP contribution is -2.27. The van der Waals surface area contributed by atoms with Gasteiger partial charge in [0, 0.05) is 6.54 Å². The van der Waals surface area contributed by atoms with Gasteiger partial charge in [-0.05, 0) is 37.7 Å². The summed E-state index contributed by atoms with van der Waals surface area (Å²) in [6, 6.07) is 6.05. The van der Waals surface area contributed by atoms with Crippen LogP contribution in [0.2, 0.25) is 5.02 Å². The Morgan fingerprint density at radius 1 is 1.37 bits per heavy atom. The molecule has 0 aliphatic carbocycles. The van der Waals surface area contributed by atoms with Crippen LogP contribution in [0.1, 0.15) is 18.9 Å². The van der Waals surface area contributed by atoms with Crippen LogP contribution in [0, 0.1) is 11.3 Å². The van der Waals surface area contributed by atoms with E-state index in [4.69, 9.17) is 16.9 Å². The van der Waals surface area contributed by atoms with E-state index in [0.29, 0.717) is 13.0 Å². The zero-order valence-electron chi connectivity index (χ0n) is 10.6. The van der Waals surface area contributed by atoms with Gasteiger partial charge in [0.25, 0.3) is 0 Å². The van der Waals surface area contributed by atoms with Crippen LogP contribution in [0.3, 0.4) is 0 Å². The second-order valence-corrected chi connectivity index (χ2v) is 6.00. The third-order valence-corrected chi connectivity index (χ3v) is 4.36. The summed E-state index contributed by atoms with van der Waals surface area (Å²) < 4.78 is 26.5. The number of nitrogens with one attached hydrogen (secondary N) is 2. The average Bonchev–Trinajstić information content (AvgIpc) is 2.39. The normalized spacial score (nSPS) is 11.2. The second-order valence-electron chi connectivity index (χ2n) is 3.86. The van der Waals surface area contributed by atoms with Crippen molar-refractivity contribution in [3.63, 3.8) is 0 Å². The molecular weight excluding hydrogens is 286 g/mol. The highest BCUT2D eigenvalue weighted by molar-refractivity contribution is 7.89. The van der Waals surface area contributed by atoms with E-state index < -0.39 is 10.0 Å². The number of benzene rings is 1. The molecule has 0 unspecified atom stereocenters. The summed E-state index contributed by atoms with van der Waals surface area (Å²) >= 11 is 5.86. The standard InChI is InChI=1S/C12H16ClN3O2S/c1-2-15-6-3-7-16-19(17,18)12-8-10(9-14)4-5-11(12)13/h4-5,8,15-16H,2-3,6-7H2,1H3. The number of halogens is 1. The molecule has 0 aliphatic heterocycles. The largest absolute Gasteiger partial charge is 0.317 e. The van der Waals surface area contributed by atoms with Crippen LogP contribution in [0.5, 0.6) is 0 Å². The first kappa shape index (κ1) is 15.9. The summed E-state index contributed by atoms with van der Waals surface area (Å²) in [6.07, 6.45) is 0.683. The molecule has 19 heavy (non-hydrogen) atoms. The van der Waals surface area contributed by atoms with Gasteiger partial charge in [0.05, 0.1) is 16.7 Å². The Morgan fingerprint density at radius 3 is 2.74 bits per heavy atom. The van der Waals surface area contributed by atoms with Crippen LogP contribution in [0.15, 0.2) is 23.1 Å². The van der Waals surface area contributed by atoms with Crippen molar-refractivity contribution in [2.45, 2.75) is 18.2 Å². The first-order chi connectivity index (χ1) is 9.01. The van der Waals surface area contributed by atoms with E-state index >= 15 is 0 Å². The SMILES string of the molecule is CCNCCCNS(=O)(=O)c1cc(C#N)ccc1Cl. The number of sulfonamides is 1. The fourth-order valence-electron chi connectivity index (χ4n) is 1.45. The third kappa shape index (κ3) is 4.80. The zero-order chi connectivity index (χ0) is 14.3. The maximum absolute atomic E-state index is 12.0. The third-order valence-electron chi connectivity index (χ3n) is 2.42. The molecule has 0 radical (unpaired) electrons. The van der Waals surface area contributed by atoms with Gasteiger partial charge in [0.2, 0.25) is 10.0 Å². The number of hydrogen-bond acceptors (Lipinski definition) is 4. The Hall–Kier alpha value is -1.13. The van der Waals surface area contributed by atoms with Gasteiger partial charge in [-0.15, -0.1) is 0 Å². The smallest absolute Gasteiger partial charge is 0.242 e. The maximum Gasteiger partial charge on any atom is 0.242 e.